The monoisotopic (exact) mass is 255 g/mol. The van der Waals surface area contributed by atoms with Gasteiger partial charge in [-0.05, 0) is 26.2 Å². The van der Waals surface area contributed by atoms with E-state index >= 15 is 0 Å². The molecule has 0 aromatic carbocycles. The van der Waals surface area contributed by atoms with Gasteiger partial charge in [-0.3, -0.25) is 4.79 Å². The average molecular weight is 255 g/mol. The van der Waals surface area contributed by atoms with E-state index in [2.05, 4.69) is 0 Å². The number of hydrogen-bond acceptors (Lipinski definition) is 3. The van der Waals surface area contributed by atoms with Crippen LogP contribution in [0.2, 0.25) is 0 Å². The first-order valence-electron chi connectivity index (χ1n) is 5.62. The minimum absolute atomic E-state index is 0. The van der Waals surface area contributed by atoms with E-state index in [1.165, 1.54) is 4.90 Å². The van der Waals surface area contributed by atoms with Crippen molar-refractivity contribution in [3.63, 3.8) is 0 Å². The maximum Gasteiger partial charge on any atom is 1.00 e. The Morgan fingerprint density at radius 1 is 1.35 bits per heavy atom. The van der Waals surface area contributed by atoms with E-state index in [0.717, 1.165) is 0 Å². The van der Waals surface area contributed by atoms with Crippen molar-refractivity contribution >= 4 is 11.9 Å². The van der Waals surface area contributed by atoms with Gasteiger partial charge in [0.2, 0.25) is 5.91 Å². The molecule has 1 unspecified atom stereocenters. The number of carbonyl (C=O) groups is 2. The number of aliphatic carboxylic acids is 1. The number of carbonyl (C=O) groups excluding carboxylic acids is 2. The molecule has 4 nitrogen and oxygen atoms in total. The molecule has 0 aliphatic carbocycles. The Morgan fingerprint density at radius 2 is 1.94 bits per heavy atom. The second kappa shape index (κ2) is 11.0. The van der Waals surface area contributed by atoms with Crippen molar-refractivity contribution in [2.75, 3.05) is 13.1 Å². The molecule has 0 aliphatic rings. The predicted octanol–water partition coefficient (Wildman–Crippen LogP) is -2.49. The van der Waals surface area contributed by atoms with Crippen LogP contribution in [0, 0.1) is 0 Å². The summed E-state index contributed by atoms with van der Waals surface area (Å²) in [5.74, 6) is -1.53. The molecule has 0 fully saturated rings. The van der Waals surface area contributed by atoms with E-state index in [-0.39, 0.29) is 48.4 Å². The van der Waals surface area contributed by atoms with Crippen LogP contribution in [-0.4, -0.2) is 36.0 Å². The fraction of sp³-hybridized carbons (Fsp3) is 0.818. The van der Waals surface area contributed by atoms with Crippen molar-refractivity contribution in [3.05, 3.63) is 0 Å². The largest absolute Gasteiger partial charge is 1.00 e. The van der Waals surface area contributed by atoms with Crippen LogP contribution in [-0.2, 0) is 9.59 Å². The smallest absolute Gasteiger partial charge is 0.548 e. The number of carboxylic acid groups (broad SMARTS) is 1. The zero-order chi connectivity index (χ0) is 12.6. The third kappa shape index (κ3) is 9.56. The second-order valence-corrected chi connectivity index (χ2v) is 3.68. The van der Waals surface area contributed by atoms with Crippen LogP contribution >= 0.6 is 0 Å². The van der Waals surface area contributed by atoms with Crippen LogP contribution in [0.25, 0.3) is 0 Å². The molecular formula is C11H19FNNaO3. The van der Waals surface area contributed by atoms with Crippen molar-refractivity contribution in [1.82, 2.24) is 4.90 Å². The molecule has 0 saturated carbocycles. The third-order valence-corrected chi connectivity index (χ3v) is 2.41. The molecule has 0 aromatic heterocycles. The van der Waals surface area contributed by atoms with Gasteiger partial charge in [-0.15, -0.1) is 0 Å². The Hall–Kier alpha value is -0.130. The summed E-state index contributed by atoms with van der Waals surface area (Å²) < 4.78 is 12.8. The van der Waals surface area contributed by atoms with Gasteiger partial charge < -0.3 is 14.8 Å². The van der Waals surface area contributed by atoms with Gasteiger partial charge in [0.15, 0.2) is 0 Å². The van der Waals surface area contributed by atoms with Gasteiger partial charge in [0.1, 0.15) is 0 Å². The van der Waals surface area contributed by atoms with Gasteiger partial charge >= 0.3 is 29.6 Å². The predicted molar refractivity (Wildman–Crippen MR) is 56.3 cm³/mol. The molecule has 1 atom stereocenters. The topological polar surface area (TPSA) is 60.4 Å². The van der Waals surface area contributed by atoms with E-state index in [1.54, 1.807) is 13.8 Å². The maximum absolute atomic E-state index is 12.8. The Balaban J connectivity index is 0. The number of hydrogen-bond donors (Lipinski definition) is 0. The van der Waals surface area contributed by atoms with Gasteiger partial charge in [-0.25, -0.2) is 4.39 Å². The summed E-state index contributed by atoms with van der Waals surface area (Å²) in [7, 11) is 0. The van der Waals surface area contributed by atoms with Crippen molar-refractivity contribution in [2.45, 2.75) is 45.7 Å². The molecule has 0 saturated heterocycles. The number of rotatable bonds is 8. The summed E-state index contributed by atoms with van der Waals surface area (Å²) in [6.45, 7) is 3.40. The molecule has 1 amide bonds. The van der Waals surface area contributed by atoms with E-state index in [0.29, 0.717) is 25.8 Å². The Labute approximate surface area is 124 Å². The SMILES string of the molecule is CCC(F)CCCC(=O)N(CC)CC(=O)[O-].[Na+]. The number of alkyl halides is 1. The molecule has 0 aromatic rings. The van der Waals surface area contributed by atoms with Crippen LogP contribution in [0.1, 0.15) is 39.5 Å². The summed E-state index contributed by atoms with van der Waals surface area (Å²) >= 11 is 0. The molecule has 0 radical (unpaired) electrons. The molecule has 0 heterocycles. The fourth-order valence-electron chi connectivity index (χ4n) is 1.37. The molecule has 0 bridgehead atoms. The van der Waals surface area contributed by atoms with Crippen molar-refractivity contribution in [1.29, 1.82) is 0 Å². The molecule has 0 rings (SSSR count). The van der Waals surface area contributed by atoms with Crippen LogP contribution < -0.4 is 34.7 Å². The van der Waals surface area contributed by atoms with Crippen LogP contribution in [0.15, 0.2) is 0 Å². The molecule has 94 valence electrons. The second-order valence-electron chi connectivity index (χ2n) is 3.68. The maximum atomic E-state index is 12.8. The Kier molecular flexibility index (Phi) is 12.4. The number of carboxylic acids is 1. The van der Waals surface area contributed by atoms with E-state index in [9.17, 15) is 19.1 Å². The quantitative estimate of drug-likeness (QED) is 0.451. The molecular weight excluding hydrogens is 236 g/mol. The summed E-state index contributed by atoms with van der Waals surface area (Å²) in [6.07, 6.45) is 0.582. The third-order valence-electron chi connectivity index (χ3n) is 2.41. The average Bonchev–Trinajstić information content (AvgIpc) is 2.24. The number of halogens is 1. The summed E-state index contributed by atoms with van der Waals surface area (Å²) in [5.41, 5.74) is 0. The Bertz CT molecular complexity index is 239. The van der Waals surface area contributed by atoms with Crippen molar-refractivity contribution in [3.8, 4) is 0 Å². The standard InChI is InChI=1S/C11H20FNO3.Na/c1-3-9(12)6-5-7-10(14)13(4-2)8-11(15)16;/h9H,3-8H2,1-2H3,(H,15,16);/q;+1/p-1. The number of likely N-dealkylation sites (N-methyl/N-ethyl adjacent to an activating group) is 1. The van der Waals surface area contributed by atoms with Gasteiger partial charge in [0.25, 0.3) is 0 Å². The fourth-order valence-corrected chi connectivity index (χ4v) is 1.37. The number of nitrogens with zero attached hydrogens (tertiary/aromatic N) is 1. The van der Waals surface area contributed by atoms with E-state index in [4.69, 9.17) is 0 Å². The summed E-state index contributed by atoms with van der Waals surface area (Å²) in [4.78, 5) is 23.0. The number of amides is 1. The van der Waals surface area contributed by atoms with Crippen molar-refractivity contribution in [2.24, 2.45) is 0 Å². The normalized spacial score (nSPS) is 11.5. The van der Waals surface area contributed by atoms with Crippen LogP contribution in [0.5, 0.6) is 0 Å². The van der Waals surface area contributed by atoms with Gasteiger partial charge in [0, 0.05) is 13.0 Å². The Morgan fingerprint density at radius 3 is 2.35 bits per heavy atom. The molecule has 0 aliphatic heterocycles. The molecule has 6 heteroatoms. The minimum Gasteiger partial charge on any atom is -0.548 e. The van der Waals surface area contributed by atoms with Crippen molar-refractivity contribution < 1.29 is 48.6 Å². The first-order valence-corrected chi connectivity index (χ1v) is 5.62. The molecule has 17 heavy (non-hydrogen) atoms. The zero-order valence-corrected chi connectivity index (χ0v) is 12.9. The van der Waals surface area contributed by atoms with Gasteiger partial charge in [-0.2, -0.15) is 0 Å². The van der Waals surface area contributed by atoms with Gasteiger partial charge in [-0.1, -0.05) is 6.92 Å². The zero-order valence-electron chi connectivity index (χ0n) is 10.9. The van der Waals surface area contributed by atoms with Gasteiger partial charge in [0.05, 0.1) is 18.7 Å². The minimum atomic E-state index is -1.27. The molecule has 0 spiro atoms. The first kappa shape index (κ1) is 19.2. The van der Waals surface area contributed by atoms with Crippen LogP contribution in [0.4, 0.5) is 4.39 Å². The molecule has 0 N–H and O–H groups in total. The summed E-state index contributed by atoms with van der Waals surface area (Å²) in [6, 6.07) is 0. The van der Waals surface area contributed by atoms with Crippen LogP contribution in [0.3, 0.4) is 0 Å². The first-order chi connectivity index (χ1) is 7.51. The van der Waals surface area contributed by atoms with E-state index < -0.39 is 12.1 Å². The summed E-state index contributed by atoms with van der Waals surface area (Å²) in [5, 5.41) is 10.3. The van der Waals surface area contributed by atoms with E-state index in [1.807, 2.05) is 0 Å².